The second kappa shape index (κ2) is 4.85. The Morgan fingerprint density at radius 3 is 2.75 bits per heavy atom. The van der Waals surface area contributed by atoms with Gasteiger partial charge in [0.15, 0.2) is 0 Å². The lowest BCUT2D eigenvalue weighted by Gasteiger charge is -2.33. The zero-order chi connectivity index (χ0) is 14.5. The monoisotopic (exact) mass is 309 g/mol. The number of anilines is 1. The van der Waals surface area contributed by atoms with Crippen molar-refractivity contribution in [1.29, 1.82) is 0 Å². The van der Waals surface area contributed by atoms with Gasteiger partial charge in [-0.2, -0.15) is 0 Å². The largest absolute Gasteiger partial charge is 0.383 e. The average Bonchev–Trinajstić information content (AvgIpc) is 2.74. The molecular weight excluding hydrogens is 290 g/mol. The van der Waals surface area contributed by atoms with Crippen LogP contribution < -0.4 is 5.73 Å². The Bertz CT molecular complexity index is 657. The summed E-state index contributed by atoms with van der Waals surface area (Å²) in [6.45, 7) is 6.99. The predicted molar refractivity (Wildman–Crippen MR) is 86.4 cm³/mol. The minimum Gasteiger partial charge on any atom is -0.383 e. The molecule has 20 heavy (non-hydrogen) atoms. The Labute approximate surface area is 128 Å². The number of thiophene rings is 1. The van der Waals surface area contributed by atoms with Crippen molar-refractivity contribution in [3.8, 4) is 0 Å². The molecule has 0 saturated heterocycles. The third kappa shape index (κ3) is 2.29. The van der Waals surface area contributed by atoms with Crippen molar-refractivity contribution in [2.75, 3.05) is 5.73 Å². The molecule has 0 aliphatic heterocycles. The molecule has 0 amide bonds. The van der Waals surface area contributed by atoms with E-state index in [9.17, 15) is 0 Å². The van der Waals surface area contributed by atoms with E-state index in [1.165, 1.54) is 16.9 Å². The number of aryl methyl sites for hydroxylation is 1. The minimum absolute atomic E-state index is 0.313. The number of nitrogens with zero attached hydrogens (tertiary/aromatic N) is 2. The lowest BCUT2D eigenvalue weighted by molar-refractivity contribution is 0.218. The maximum Gasteiger partial charge on any atom is 0.147 e. The van der Waals surface area contributed by atoms with Crippen LogP contribution in [0, 0.1) is 11.3 Å². The molecule has 0 spiro atoms. The number of alkyl halides is 1. The van der Waals surface area contributed by atoms with Gasteiger partial charge in [-0.25, -0.2) is 9.97 Å². The molecule has 2 N–H and O–H groups in total. The molecule has 2 heterocycles. The lowest BCUT2D eigenvalue weighted by atomic mass is 9.72. The minimum atomic E-state index is 0.313. The van der Waals surface area contributed by atoms with Crippen LogP contribution in [0.15, 0.2) is 0 Å². The summed E-state index contributed by atoms with van der Waals surface area (Å²) >= 11 is 7.61. The number of nitrogen functional groups attached to an aromatic ring is 1. The first kappa shape index (κ1) is 14.1. The van der Waals surface area contributed by atoms with Crippen LogP contribution in [0.1, 0.15) is 43.5 Å². The molecule has 1 aliphatic carbocycles. The van der Waals surface area contributed by atoms with Crippen molar-refractivity contribution >= 4 is 39.0 Å². The Kier molecular flexibility index (Phi) is 3.41. The molecule has 5 heteroatoms. The highest BCUT2D eigenvalue weighted by Gasteiger charge is 2.31. The second-order valence-corrected chi connectivity index (χ2v) is 8.00. The lowest BCUT2D eigenvalue weighted by Crippen LogP contribution is -2.26. The first-order valence-corrected chi connectivity index (χ1v) is 8.38. The van der Waals surface area contributed by atoms with Crippen LogP contribution in [-0.2, 0) is 18.7 Å². The van der Waals surface area contributed by atoms with Crippen LogP contribution in [-0.4, -0.2) is 9.97 Å². The van der Waals surface area contributed by atoms with Gasteiger partial charge in [0.05, 0.1) is 11.3 Å². The van der Waals surface area contributed by atoms with Crippen LogP contribution in [0.3, 0.4) is 0 Å². The maximum absolute atomic E-state index is 6.12. The summed E-state index contributed by atoms with van der Waals surface area (Å²) < 4.78 is 0. The predicted octanol–water partition coefficient (Wildman–Crippen LogP) is 4.16. The van der Waals surface area contributed by atoms with E-state index in [1.54, 1.807) is 11.3 Å². The number of aromatic nitrogens is 2. The highest BCUT2D eigenvalue weighted by molar-refractivity contribution is 7.19. The zero-order valence-electron chi connectivity index (χ0n) is 12.2. The van der Waals surface area contributed by atoms with E-state index in [4.69, 9.17) is 17.3 Å². The SMILES string of the molecule is CC(C)(C)C1CCc2c(sc3nc(CCl)nc(N)c23)C1. The van der Waals surface area contributed by atoms with Gasteiger partial charge in [-0.15, -0.1) is 22.9 Å². The highest BCUT2D eigenvalue weighted by Crippen LogP contribution is 2.43. The van der Waals surface area contributed by atoms with Crippen LogP contribution in [0.2, 0.25) is 0 Å². The van der Waals surface area contributed by atoms with Gasteiger partial charge in [-0.3, -0.25) is 0 Å². The number of rotatable bonds is 1. The Morgan fingerprint density at radius 1 is 1.35 bits per heavy atom. The summed E-state index contributed by atoms with van der Waals surface area (Å²) in [5.41, 5.74) is 7.85. The fourth-order valence-corrected chi connectivity index (χ4v) is 4.50. The average molecular weight is 310 g/mol. The molecule has 2 aromatic rings. The van der Waals surface area contributed by atoms with E-state index < -0.39 is 0 Å². The number of nitrogens with two attached hydrogens (primary N) is 1. The van der Waals surface area contributed by atoms with Crippen molar-refractivity contribution in [2.24, 2.45) is 11.3 Å². The maximum atomic E-state index is 6.12. The molecule has 0 radical (unpaired) electrons. The zero-order valence-corrected chi connectivity index (χ0v) is 13.7. The van der Waals surface area contributed by atoms with E-state index in [1.807, 2.05) is 0 Å². The number of halogens is 1. The molecule has 0 bridgehead atoms. The summed E-state index contributed by atoms with van der Waals surface area (Å²) in [6, 6.07) is 0. The van der Waals surface area contributed by atoms with E-state index >= 15 is 0 Å². The van der Waals surface area contributed by atoms with Crippen molar-refractivity contribution in [3.05, 3.63) is 16.3 Å². The van der Waals surface area contributed by atoms with Gasteiger partial charge in [0.1, 0.15) is 16.5 Å². The molecule has 1 aliphatic rings. The van der Waals surface area contributed by atoms with E-state index in [2.05, 4.69) is 30.7 Å². The Balaban J connectivity index is 2.09. The van der Waals surface area contributed by atoms with Gasteiger partial charge in [0.2, 0.25) is 0 Å². The highest BCUT2D eigenvalue weighted by atomic mass is 35.5. The number of hydrogen-bond acceptors (Lipinski definition) is 4. The van der Waals surface area contributed by atoms with E-state index in [0.717, 1.165) is 29.0 Å². The molecule has 0 aromatic carbocycles. The van der Waals surface area contributed by atoms with E-state index in [-0.39, 0.29) is 0 Å². The van der Waals surface area contributed by atoms with Crippen molar-refractivity contribution < 1.29 is 0 Å². The normalized spacial score (nSPS) is 19.3. The van der Waals surface area contributed by atoms with Crippen LogP contribution in [0.25, 0.3) is 10.2 Å². The standard InChI is InChI=1S/C15H20ClN3S/c1-15(2,3)8-4-5-9-10(6-8)20-14-12(9)13(17)18-11(7-16)19-14/h8H,4-7H2,1-3H3,(H2,17,18,19). The Morgan fingerprint density at radius 2 is 2.10 bits per heavy atom. The third-order valence-electron chi connectivity index (χ3n) is 4.33. The fraction of sp³-hybridized carbons (Fsp3) is 0.600. The summed E-state index contributed by atoms with van der Waals surface area (Å²) in [5.74, 6) is 2.26. The van der Waals surface area contributed by atoms with Crippen molar-refractivity contribution in [1.82, 2.24) is 9.97 Å². The van der Waals surface area contributed by atoms with Crippen molar-refractivity contribution in [3.63, 3.8) is 0 Å². The summed E-state index contributed by atoms with van der Waals surface area (Å²) in [6.07, 6.45) is 3.44. The molecular formula is C15H20ClN3S. The van der Waals surface area contributed by atoms with Crippen LogP contribution in [0.5, 0.6) is 0 Å². The van der Waals surface area contributed by atoms with Gasteiger partial charge < -0.3 is 5.73 Å². The second-order valence-electron chi connectivity index (χ2n) is 6.65. The molecule has 0 fully saturated rings. The quantitative estimate of drug-likeness (QED) is 0.805. The first-order chi connectivity index (χ1) is 9.40. The van der Waals surface area contributed by atoms with Crippen molar-refractivity contribution in [2.45, 2.75) is 45.9 Å². The smallest absolute Gasteiger partial charge is 0.147 e. The van der Waals surface area contributed by atoms with Crippen LogP contribution >= 0.6 is 22.9 Å². The van der Waals surface area contributed by atoms with Gasteiger partial charge in [-0.1, -0.05) is 20.8 Å². The third-order valence-corrected chi connectivity index (χ3v) is 5.71. The van der Waals surface area contributed by atoms with Gasteiger partial charge in [0.25, 0.3) is 0 Å². The first-order valence-electron chi connectivity index (χ1n) is 7.02. The molecule has 3 nitrogen and oxygen atoms in total. The molecule has 0 saturated carbocycles. The number of hydrogen-bond donors (Lipinski definition) is 1. The molecule has 1 atom stereocenters. The number of fused-ring (bicyclic) bond motifs is 3. The summed E-state index contributed by atoms with van der Waals surface area (Å²) in [7, 11) is 0. The van der Waals surface area contributed by atoms with Crippen LogP contribution in [0.4, 0.5) is 5.82 Å². The summed E-state index contributed by atoms with van der Waals surface area (Å²) in [5, 5.41) is 1.08. The fourth-order valence-electron chi connectivity index (χ4n) is 3.05. The molecule has 1 unspecified atom stereocenters. The topological polar surface area (TPSA) is 51.8 Å². The molecule has 108 valence electrons. The molecule has 2 aromatic heterocycles. The van der Waals surface area contributed by atoms with E-state index in [0.29, 0.717) is 22.9 Å². The molecule has 3 rings (SSSR count). The van der Waals surface area contributed by atoms with Gasteiger partial charge >= 0.3 is 0 Å². The summed E-state index contributed by atoms with van der Waals surface area (Å²) in [4.78, 5) is 11.3. The Hall–Kier alpha value is -0.870. The van der Waals surface area contributed by atoms with Gasteiger partial charge in [0, 0.05) is 4.88 Å². The van der Waals surface area contributed by atoms with Gasteiger partial charge in [-0.05, 0) is 36.2 Å².